The molecule has 0 radical (unpaired) electrons. The summed E-state index contributed by atoms with van der Waals surface area (Å²) >= 11 is 0. The van der Waals surface area contributed by atoms with Crippen LogP contribution in [-0.2, 0) is 0 Å². The van der Waals surface area contributed by atoms with Crippen LogP contribution in [0.5, 0.6) is 0 Å². The lowest BCUT2D eigenvalue weighted by Gasteiger charge is -2.18. The SMILES string of the molecule is OCCN(CCO)C1CC1. The molecule has 1 rings (SSSR count). The van der Waals surface area contributed by atoms with Gasteiger partial charge >= 0.3 is 0 Å². The number of hydrogen-bond donors (Lipinski definition) is 2. The van der Waals surface area contributed by atoms with Gasteiger partial charge in [0, 0.05) is 19.1 Å². The molecular formula is C7H15NO2. The highest BCUT2D eigenvalue weighted by molar-refractivity contribution is 4.83. The molecule has 0 heterocycles. The van der Waals surface area contributed by atoms with Crippen LogP contribution in [0.25, 0.3) is 0 Å². The maximum absolute atomic E-state index is 8.62. The Morgan fingerprint density at radius 2 is 1.60 bits per heavy atom. The largest absolute Gasteiger partial charge is 0.395 e. The van der Waals surface area contributed by atoms with Crippen molar-refractivity contribution in [2.45, 2.75) is 18.9 Å². The van der Waals surface area contributed by atoms with Crippen molar-refractivity contribution >= 4 is 0 Å². The highest BCUT2D eigenvalue weighted by atomic mass is 16.3. The summed E-state index contributed by atoms with van der Waals surface area (Å²) in [4.78, 5) is 2.14. The van der Waals surface area contributed by atoms with E-state index < -0.39 is 0 Å². The molecule has 3 nitrogen and oxygen atoms in total. The number of aliphatic hydroxyl groups is 2. The summed E-state index contributed by atoms with van der Waals surface area (Å²) in [5, 5.41) is 17.2. The molecule has 1 fully saturated rings. The van der Waals surface area contributed by atoms with Crippen molar-refractivity contribution in [3.8, 4) is 0 Å². The Bertz CT molecular complexity index is 87.6. The van der Waals surface area contributed by atoms with Crippen LogP contribution in [0.1, 0.15) is 12.8 Å². The molecule has 1 aliphatic rings. The zero-order valence-corrected chi connectivity index (χ0v) is 6.16. The third-order valence-corrected chi connectivity index (χ3v) is 1.84. The molecule has 10 heavy (non-hydrogen) atoms. The summed E-state index contributed by atoms with van der Waals surface area (Å²) in [7, 11) is 0. The van der Waals surface area contributed by atoms with E-state index in [-0.39, 0.29) is 13.2 Å². The summed E-state index contributed by atoms with van der Waals surface area (Å²) in [6.45, 7) is 1.84. The average molecular weight is 145 g/mol. The lowest BCUT2D eigenvalue weighted by Crippen LogP contribution is -2.31. The lowest BCUT2D eigenvalue weighted by atomic mass is 10.4. The summed E-state index contributed by atoms with van der Waals surface area (Å²) in [5.74, 6) is 0. The lowest BCUT2D eigenvalue weighted by molar-refractivity contribution is 0.155. The Kier molecular flexibility index (Phi) is 3.12. The Morgan fingerprint density at radius 1 is 1.10 bits per heavy atom. The van der Waals surface area contributed by atoms with Gasteiger partial charge < -0.3 is 10.2 Å². The van der Waals surface area contributed by atoms with Crippen LogP contribution in [0.4, 0.5) is 0 Å². The number of aliphatic hydroxyl groups excluding tert-OH is 2. The van der Waals surface area contributed by atoms with Gasteiger partial charge in [0.2, 0.25) is 0 Å². The van der Waals surface area contributed by atoms with Crippen LogP contribution in [0.15, 0.2) is 0 Å². The van der Waals surface area contributed by atoms with Gasteiger partial charge in [0.15, 0.2) is 0 Å². The van der Waals surface area contributed by atoms with Crippen LogP contribution in [-0.4, -0.2) is 47.5 Å². The molecule has 0 bridgehead atoms. The standard InChI is InChI=1S/C7H15NO2/c9-5-3-8(4-6-10)7-1-2-7/h7,9-10H,1-6H2. The molecule has 1 aliphatic carbocycles. The molecule has 0 aromatic rings. The second-order valence-corrected chi connectivity index (χ2v) is 2.71. The van der Waals surface area contributed by atoms with Crippen LogP contribution >= 0.6 is 0 Å². The van der Waals surface area contributed by atoms with Gasteiger partial charge in [-0.2, -0.15) is 0 Å². The first-order valence-electron chi connectivity index (χ1n) is 3.84. The fourth-order valence-corrected chi connectivity index (χ4v) is 1.17. The summed E-state index contributed by atoms with van der Waals surface area (Å²) in [6.07, 6.45) is 2.47. The first-order chi connectivity index (χ1) is 4.88. The first-order valence-corrected chi connectivity index (χ1v) is 3.84. The predicted molar refractivity (Wildman–Crippen MR) is 38.8 cm³/mol. The fourth-order valence-electron chi connectivity index (χ4n) is 1.17. The molecule has 0 unspecified atom stereocenters. The molecular weight excluding hydrogens is 130 g/mol. The molecule has 60 valence electrons. The Balaban J connectivity index is 2.13. The van der Waals surface area contributed by atoms with E-state index in [9.17, 15) is 0 Å². The Labute approximate surface area is 61.3 Å². The van der Waals surface area contributed by atoms with Crippen molar-refractivity contribution in [3.05, 3.63) is 0 Å². The topological polar surface area (TPSA) is 43.7 Å². The van der Waals surface area contributed by atoms with Crippen molar-refractivity contribution < 1.29 is 10.2 Å². The number of rotatable bonds is 5. The van der Waals surface area contributed by atoms with E-state index in [0.29, 0.717) is 19.1 Å². The molecule has 0 spiro atoms. The van der Waals surface area contributed by atoms with Gasteiger partial charge in [-0.15, -0.1) is 0 Å². The van der Waals surface area contributed by atoms with E-state index in [1.54, 1.807) is 0 Å². The predicted octanol–water partition coefficient (Wildman–Crippen LogP) is -0.565. The fraction of sp³-hybridized carbons (Fsp3) is 1.00. The van der Waals surface area contributed by atoms with Crippen molar-refractivity contribution in [1.82, 2.24) is 4.90 Å². The summed E-state index contributed by atoms with van der Waals surface area (Å²) in [5.41, 5.74) is 0. The van der Waals surface area contributed by atoms with E-state index in [2.05, 4.69) is 4.90 Å². The van der Waals surface area contributed by atoms with Crippen molar-refractivity contribution in [2.75, 3.05) is 26.3 Å². The zero-order chi connectivity index (χ0) is 7.40. The molecule has 0 aromatic heterocycles. The summed E-state index contributed by atoms with van der Waals surface area (Å²) < 4.78 is 0. The highest BCUT2D eigenvalue weighted by Gasteiger charge is 2.27. The molecule has 0 amide bonds. The van der Waals surface area contributed by atoms with Crippen molar-refractivity contribution in [3.63, 3.8) is 0 Å². The van der Waals surface area contributed by atoms with Crippen molar-refractivity contribution in [2.24, 2.45) is 0 Å². The number of hydrogen-bond acceptors (Lipinski definition) is 3. The quantitative estimate of drug-likeness (QED) is 0.545. The van der Waals surface area contributed by atoms with E-state index in [4.69, 9.17) is 10.2 Å². The number of nitrogens with zero attached hydrogens (tertiary/aromatic N) is 1. The first kappa shape index (κ1) is 7.98. The summed E-state index contributed by atoms with van der Waals surface area (Å²) in [6, 6.07) is 0.652. The molecule has 0 aliphatic heterocycles. The normalized spacial score (nSPS) is 18.3. The molecule has 1 saturated carbocycles. The van der Waals surface area contributed by atoms with Crippen LogP contribution in [0.3, 0.4) is 0 Å². The van der Waals surface area contributed by atoms with Crippen LogP contribution in [0, 0.1) is 0 Å². The maximum Gasteiger partial charge on any atom is 0.0558 e. The van der Waals surface area contributed by atoms with Crippen molar-refractivity contribution in [1.29, 1.82) is 0 Å². The Morgan fingerprint density at radius 3 is 1.90 bits per heavy atom. The van der Waals surface area contributed by atoms with Gasteiger partial charge in [-0.05, 0) is 12.8 Å². The molecule has 0 aromatic carbocycles. The van der Waals surface area contributed by atoms with Gasteiger partial charge in [-0.1, -0.05) is 0 Å². The average Bonchev–Trinajstić information content (AvgIpc) is 2.69. The van der Waals surface area contributed by atoms with Gasteiger partial charge in [-0.25, -0.2) is 0 Å². The van der Waals surface area contributed by atoms with Gasteiger partial charge in [-0.3, -0.25) is 4.90 Å². The third kappa shape index (κ3) is 2.25. The second kappa shape index (κ2) is 3.91. The molecule has 0 atom stereocenters. The highest BCUT2D eigenvalue weighted by Crippen LogP contribution is 2.25. The smallest absolute Gasteiger partial charge is 0.0558 e. The third-order valence-electron chi connectivity index (χ3n) is 1.84. The van der Waals surface area contributed by atoms with Crippen LogP contribution in [0.2, 0.25) is 0 Å². The maximum atomic E-state index is 8.62. The van der Waals surface area contributed by atoms with Gasteiger partial charge in [0.25, 0.3) is 0 Å². The molecule has 2 N–H and O–H groups in total. The minimum absolute atomic E-state index is 0.205. The van der Waals surface area contributed by atoms with Gasteiger partial charge in [0.1, 0.15) is 0 Å². The zero-order valence-electron chi connectivity index (χ0n) is 6.16. The monoisotopic (exact) mass is 145 g/mol. The van der Waals surface area contributed by atoms with Crippen LogP contribution < -0.4 is 0 Å². The molecule has 0 saturated heterocycles. The minimum Gasteiger partial charge on any atom is -0.395 e. The van der Waals surface area contributed by atoms with E-state index in [1.165, 1.54) is 12.8 Å². The van der Waals surface area contributed by atoms with E-state index in [1.807, 2.05) is 0 Å². The minimum atomic E-state index is 0.205. The molecule has 3 heteroatoms. The Hall–Kier alpha value is -0.120. The van der Waals surface area contributed by atoms with Gasteiger partial charge in [0.05, 0.1) is 13.2 Å². The van der Waals surface area contributed by atoms with E-state index >= 15 is 0 Å². The second-order valence-electron chi connectivity index (χ2n) is 2.71. The van der Waals surface area contributed by atoms with E-state index in [0.717, 1.165) is 0 Å².